The minimum Gasteiger partial charge on any atom is -0.382 e. The molecule has 1 fully saturated rings. The molecule has 1 aliphatic heterocycles. The Kier molecular flexibility index (Phi) is 6.61. The molecule has 1 aromatic carbocycles. The number of Topliss-reactive ketones (excluding diaryl/α,β-unsaturated/α-hetero) is 1. The largest absolute Gasteiger partial charge is 0.382 e. The van der Waals surface area contributed by atoms with Crippen molar-refractivity contribution in [2.45, 2.75) is 46.6 Å². The lowest BCUT2D eigenvalue weighted by Crippen LogP contribution is -2.39. The standard InChI is InChI=1S/C24H35N3O/c1-17(2)15-26-12-10-20(11-13-26)14-25-19(5)24(28)22-16-27(18(3)4)23-9-7-6-8-21(22)23/h6-9,16-18,20,25H,5,10-15H2,1-4H3. The second kappa shape index (κ2) is 8.95. The number of hydrogen-bond acceptors (Lipinski definition) is 3. The monoisotopic (exact) mass is 381 g/mol. The maximum absolute atomic E-state index is 13.1. The molecule has 152 valence electrons. The zero-order valence-electron chi connectivity index (χ0n) is 17.9. The van der Waals surface area contributed by atoms with Crippen molar-refractivity contribution in [3.63, 3.8) is 0 Å². The Hall–Kier alpha value is -2.07. The quantitative estimate of drug-likeness (QED) is 0.523. The second-order valence-electron chi connectivity index (χ2n) is 8.89. The van der Waals surface area contributed by atoms with E-state index >= 15 is 0 Å². The highest BCUT2D eigenvalue weighted by atomic mass is 16.1. The van der Waals surface area contributed by atoms with Gasteiger partial charge in [0.15, 0.2) is 0 Å². The Morgan fingerprint density at radius 2 is 1.86 bits per heavy atom. The van der Waals surface area contributed by atoms with E-state index in [4.69, 9.17) is 0 Å². The molecule has 28 heavy (non-hydrogen) atoms. The van der Waals surface area contributed by atoms with Crippen LogP contribution in [0.5, 0.6) is 0 Å². The highest BCUT2D eigenvalue weighted by molar-refractivity contribution is 6.15. The summed E-state index contributed by atoms with van der Waals surface area (Å²) in [5.74, 6) is 1.35. The van der Waals surface area contributed by atoms with Crippen molar-refractivity contribution in [1.82, 2.24) is 14.8 Å². The Balaban J connectivity index is 1.60. The maximum Gasteiger partial charge on any atom is 0.210 e. The molecule has 0 unspecified atom stereocenters. The SMILES string of the molecule is C=C(NCC1CCN(CC(C)C)CC1)C(=O)c1cn(C(C)C)c2ccccc12. The summed E-state index contributed by atoms with van der Waals surface area (Å²) in [7, 11) is 0. The number of allylic oxidation sites excluding steroid dienone is 1. The minimum absolute atomic E-state index is 0.00726. The number of benzene rings is 1. The van der Waals surface area contributed by atoms with E-state index < -0.39 is 0 Å². The van der Waals surface area contributed by atoms with Gasteiger partial charge in [-0.3, -0.25) is 4.79 Å². The first-order chi connectivity index (χ1) is 13.4. The molecule has 4 heteroatoms. The normalized spacial score (nSPS) is 16.2. The summed E-state index contributed by atoms with van der Waals surface area (Å²) in [5, 5.41) is 4.34. The fourth-order valence-electron chi connectivity index (χ4n) is 4.21. The minimum atomic E-state index is 0.00726. The average Bonchev–Trinajstić information content (AvgIpc) is 3.06. The van der Waals surface area contributed by atoms with Crippen molar-refractivity contribution in [3.05, 3.63) is 48.3 Å². The van der Waals surface area contributed by atoms with E-state index in [0.29, 0.717) is 17.7 Å². The molecular formula is C24H35N3O. The van der Waals surface area contributed by atoms with Gasteiger partial charge in [-0.15, -0.1) is 0 Å². The van der Waals surface area contributed by atoms with Gasteiger partial charge in [-0.05, 0) is 57.7 Å². The number of aromatic nitrogens is 1. The van der Waals surface area contributed by atoms with Crippen molar-refractivity contribution in [3.8, 4) is 0 Å². The fraction of sp³-hybridized carbons (Fsp3) is 0.542. The number of carbonyl (C=O) groups is 1. The van der Waals surface area contributed by atoms with Crippen LogP contribution in [-0.4, -0.2) is 41.4 Å². The molecule has 2 aromatic rings. The second-order valence-corrected chi connectivity index (χ2v) is 8.89. The molecule has 0 radical (unpaired) electrons. The van der Waals surface area contributed by atoms with Gasteiger partial charge in [0.05, 0.1) is 5.70 Å². The lowest BCUT2D eigenvalue weighted by molar-refractivity contribution is 0.102. The first kappa shape index (κ1) is 20.7. The average molecular weight is 382 g/mol. The van der Waals surface area contributed by atoms with E-state index in [1.807, 2.05) is 24.4 Å². The Bertz CT molecular complexity index is 825. The molecule has 0 bridgehead atoms. The topological polar surface area (TPSA) is 37.3 Å². The molecule has 1 aliphatic rings. The molecule has 1 aromatic heterocycles. The summed E-state index contributed by atoms with van der Waals surface area (Å²) in [6.07, 6.45) is 4.36. The predicted molar refractivity (Wildman–Crippen MR) is 118 cm³/mol. The Morgan fingerprint density at radius 3 is 2.50 bits per heavy atom. The number of piperidine rings is 1. The number of rotatable bonds is 8. The van der Waals surface area contributed by atoms with Crippen LogP contribution in [0.1, 0.15) is 56.9 Å². The molecule has 2 heterocycles. The summed E-state index contributed by atoms with van der Waals surface area (Å²) in [5.41, 5.74) is 2.36. The molecule has 1 N–H and O–H groups in total. The van der Waals surface area contributed by atoms with Crippen LogP contribution in [0.15, 0.2) is 42.7 Å². The number of nitrogens with one attached hydrogen (secondary N) is 1. The number of fused-ring (bicyclic) bond motifs is 1. The van der Waals surface area contributed by atoms with Gasteiger partial charge in [0, 0.05) is 41.8 Å². The highest BCUT2D eigenvalue weighted by Gasteiger charge is 2.22. The number of ketones is 1. The van der Waals surface area contributed by atoms with Gasteiger partial charge in [-0.1, -0.05) is 38.6 Å². The van der Waals surface area contributed by atoms with Crippen molar-refractivity contribution in [1.29, 1.82) is 0 Å². The van der Waals surface area contributed by atoms with Crippen LogP contribution < -0.4 is 5.32 Å². The summed E-state index contributed by atoms with van der Waals surface area (Å²) >= 11 is 0. The zero-order valence-corrected chi connectivity index (χ0v) is 17.9. The molecule has 3 rings (SSSR count). The van der Waals surface area contributed by atoms with Crippen molar-refractivity contribution in [2.75, 3.05) is 26.2 Å². The van der Waals surface area contributed by atoms with Crippen LogP contribution >= 0.6 is 0 Å². The van der Waals surface area contributed by atoms with Crippen molar-refractivity contribution in [2.24, 2.45) is 11.8 Å². The lowest BCUT2D eigenvalue weighted by Gasteiger charge is -2.33. The number of para-hydroxylation sites is 1. The van der Waals surface area contributed by atoms with Gasteiger partial charge < -0.3 is 14.8 Å². The molecule has 0 aliphatic carbocycles. The zero-order chi connectivity index (χ0) is 20.3. The first-order valence-corrected chi connectivity index (χ1v) is 10.7. The van der Waals surface area contributed by atoms with Gasteiger partial charge in [0.25, 0.3) is 0 Å². The van der Waals surface area contributed by atoms with Crippen LogP contribution in [-0.2, 0) is 0 Å². The molecule has 0 atom stereocenters. The molecule has 0 spiro atoms. The molecule has 0 saturated carbocycles. The highest BCUT2D eigenvalue weighted by Crippen LogP contribution is 2.26. The number of hydrogen-bond donors (Lipinski definition) is 1. The van der Waals surface area contributed by atoms with Gasteiger partial charge in [-0.25, -0.2) is 0 Å². The van der Waals surface area contributed by atoms with E-state index in [9.17, 15) is 4.79 Å². The van der Waals surface area contributed by atoms with Crippen LogP contribution in [0.4, 0.5) is 0 Å². The lowest BCUT2D eigenvalue weighted by atomic mass is 9.96. The third-order valence-electron chi connectivity index (χ3n) is 5.75. The van der Waals surface area contributed by atoms with E-state index in [0.717, 1.165) is 42.0 Å². The Morgan fingerprint density at radius 1 is 1.18 bits per heavy atom. The van der Waals surface area contributed by atoms with Crippen LogP contribution in [0.3, 0.4) is 0 Å². The first-order valence-electron chi connectivity index (χ1n) is 10.7. The van der Waals surface area contributed by atoms with E-state index in [2.05, 4.69) is 55.1 Å². The molecular weight excluding hydrogens is 346 g/mol. The summed E-state index contributed by atoms with van der Waals surface area (Å²) in [4.78, 5) is 15.6. The van der Waals surface area contributed by atoms with Gasteiger partial charge in [0.1, 0.15) is 0 Å². The van der Waals surface area contributed by atoms with Crippen LogP contribution in [0.25, 0.3) is 10.9 Å². The summed E-state index contributed by atoms with van der Waals surface area (Å²) in [6, 6.07) is 8.43. The summed E-state index contributed by atoms with van der Waals surface area (Å²) < 4.78 is 2.17. The molecule has 4 nitrogen and oxygen atoms in total. The van der Waals surface area contributed by atoms with Gasteiger partial charge in [0.2, 0.25) is 5.78 Å². The third-order valence-corrected chi connectivity index (χ3v) is 5.75. The number of likely N-dealkylation sites (tertiary alicyclic amines) is 1. The van der Waals surface area contributed by atoms with E-state index in [1.165, 1.54) is 19.4 Å². The third kappa shape index (κ3) is 4.67. The van der Waals surface area contributed by atoms with Crippen molar-refractivity contribution >= 4 is 16.7 Å². The fourth-order valence-corrected chi connectivity index (χ4v) is 4.21. The smallest absolute Gasteiger partial charge is 0.210 e. The van der Waals surface area contributed by atoms with E-state index in [-0.39, 0.29) is 5.78 Å². The Labute approximate surface area is 169 Å². The van der Waals surface area contributed by atoms with Gasteiger partial charge in [-0.2, -0.15) is 0 Å². The summed E-state index contributed by atoms with van der Waals surface area (Å²) in [6.45, 7) is 17.2. The predicted octanol–water partition coefficient (Wildman–Crippen LogP) is 4.88. The van der Waals surface area contributed by atoms with Crippen molar-refractivity contribution < 1.29 is 4.79 Å². The molecule has 1 saturated heterocycles. The van der Waals surface area contributed by atoms with Crippen LogP contribution in [0.2, 0.25) is 0 Å². The molecule has 0 amide bonds. The van der Waals surface area contributed by atoms with Gasteiger partial charge >= 0.3 is 0 Å². The van der Waals surface area contributed by atoms with E-state index in [1.54, 1.807) is 0 Å². The maximum atomic E-state index is 13.1. The van der Waals surface area contributed by atoms with Crippen LogP contribution in [0, 0.1) is 11.8 Å². The number of carbonyl (C=O) groups excluding carboxylic acids is 1. The number of nitrogens with zero attached hydrogens (tertiary/aromatic N) is 2.